The molecule has 2 aliphatic rings. The van der Waals surface area contributed by atoms with Crippen LogP contribution < -0.4 is 15.0 Å². The van der Waals surface area contributed by atoms with Crippen LogP contribution in [0.5, 0.6) is 11.5 Å². The lowest BCUT2D eigenvalue weighted by atomic mass is 10.1. The van der Waals surface area contributed by atoms with E-state index < -0.39 is 0 Å². The average Bonchev–Trinajstić information content (AvgIpc) is 3.22. The summed E-state index contributed by atoms with van der Waals surface area (Å²) >= 11 is 0. The van der Waals surface area contributed by atoms with Crippen LogP contribution in [0.4, 0.5) is 0 Å². The van der Waals surface area contributed by atoms with Crippen molar-refractivity contribution in [3.05, 3.63) is 64.2 Å². The molecular weight excluding hydrogens is 304 g/mol. The molecule has 0 N–H and O–H groups in total. The van der Waals surface area contributed by atoms with Gasteiger partial charge in [0.15, 0.2) is 11.5 Å². The van der Waals surface area contributed by atoms with Gasteiger partial charge in [0.1, 0.15) is 5.82 Å². The van der Waals surface area contributed by atoms with E-state index in [1.165, 1.54) is 0 Å². The van der Waals surface area contributed by atoms with Crippen LogP contribution in [-0.4, -0.2) is 16.3 Å². The minimum absolute atomic E-state index is 0.171. The highest BCUT2D eigenvalue weighted by Crippen LogP contribution is 2.35. The quantitative estimate of drug-likeness (QED) is 0.692. The second kappa shape index (κ2) is 4.96. The van der Waals surface area contributed by atoms with E-state index in [9.17, 15) is 4.79 Å². The number of rotatable bonds is 1. The standard InChI is InChI=1S/C19H14N2O3/c22-19-14-3-1-2-4-15(14)21-8-7-13(18(21)20-19)9-12-5-6-16-17(10-12)24-11-23-16/h1-6,9-10H,7-8,11H2. The van der Waals surface area contributed by atoms with Crippen molar-refractivity contribution >= 4 is 22.6 Å². The third kappa shape index (κ3) is 1.94. The fraction of sp³-hybridized carbons (Fsp3) is 0.158. The maximum atomic E-state index is 12.3. The minimum Gasteiger partial charge on any atom is -0.454 e. The zero-order chi connectivity index (χ0) is 16.1. The van der Waals surface area contributed by atoms with Crippen LogP contribution in [0.2, 0.25) is 0 Å². The van der Waals surface area contributed by atoms with Gasteiger partial charge < -0.3 is 14.0 Å². The molecule has 24 heavy (non-hydrogen) atoms. The van der Waals surface area contributed by atoms with Gasteiger partial charge in [-0.3, -0.25) is 4.79 Å². The van der Waals surface area contributed by atoms with Crippen LogP contribution in [0.1, 0.15) is 17.8 Å². The van der Waals surface area contributed by atoms with Gasteiger partial charge in [-0.15, -0.1) is 0 Å². The molecule has 2 aromatic carbocycles. The minimum atomic E-state index is -0.171. The van der Waals surface area contributed by atoms with Crippen LogP contribution >= 0.6 is 0 Å². The number of hydrogen-bond donors (Lipinski definition) is 0. The van der Waals surface area contributed by atoms with E-state index in [-0.39, 0.29) is 12.4 Å². The topological polar surface area (TPSA) is 53.4 Å². The van der Waals surface area contributed by atoms with Gasteiger partial charge in [-0.05, 0) is 47.9 Å². The molecule has 0 saturated carbocycles. The fourth-order valence-corrected chi connectivity index (χ4v) is 3.38. The lowest BCUT2D eigenvalue weighted by Gasteiger charge is -2.07. The lowest BCUT2D eigenvalue weighted by Crippen LogP contribution is -2.14. The van der Waals surface area contributed by atoms with Crippen LogP contribution in [0.3, 0.4) is 0 Å². The molecule has 5 rings (SSSR count). The first kappa shape index (κ1) is 13.4. The molecule has 0 atom stereocenters. The SMILES string of the molecule is O=c1nc2n(c3ccccc13)CCC2=Cc1ccc2c(c1)OCO2. The zero-order valence-electron chi connectivity index (χ0n) is 12.9. The monoisotopic (exact) mass is 318 g/mol. The molecule has 0 saturated heterocycles. The summed E-state index contributed by atoms with van der Waals surface area (Å²) in [6, 6.07) is 13.5. The Bertz CT molecular complexity index is 1070. The van der Waals surface area contributed by atoms with Crippen molar-refractivity contribution in [2.24, 2.45) is 0 Å². The number of benzene rings is 2. The largest absolute Gasteiger partial charge is 0.454 e. The number of hydrogen-bond acceptors (Lipinski definition) is 4. The summed E-state index contributed by atoms with van der Waals surface area (Å²) in [6.45, 7) is 1.10. The summed E-state index contributed by atoms with van der Waals surface area (Å²) in [5, 5.41) is 0.672. The highest BCUT2D eigenvalue weighted by molar-refractivity contribution is 5.86. The van der Waals surface area contributed by atoms with E-state index in [0.717, 1.165) is 46.9 Å². The summed E-state index contributed by atoms with van der Waals surface area (Å²) in [4.78, 5) is 16.6. The number of para-hydroxylation sites is 1. The van der Waals surface area contributed by atoms with Gasteiger partial charge in [-0.1, -0.05) is 18.2 Å². The van der Waals surface area contributed by atoms with Crippen molar-refractivity contribution in [2.45, 2.75) is 13.0 Å². The Morgan fingerprint density at radius 3 is 2.92 bits per heavy atom. The Hall–Kier alpha value is -3.08. The first-order valence-electron chi connectivity index (χ1n) is 7.90. The predicted octanol–water partition coefficient (Wildman–Crippen LogP) is 3.07. The normalized spacial score (nSPS) is 16.8. The Kier molecular flexibility index (Phi) is 2.76. The molecule has 0 radical (unpaired) electrons. The van der Waals surface area contributed by atoms with Crippen LogP contribution in [0, 0.1) is 0 Å². The van der Waals surface area contributed by atoms with Crippen LogP contribution in [0.25, 0.3) is 22.6 Å². The Balaban J connectivity index is 1.65. The maximum absolute atomic E-state index is 12.3. The molecule has 0 aliphatic carbocycles. The highest BCUT2D eigenvalue weighted by atomic mass is 16.7. The van der Waals surface area contributed by atoms with E-state index >= 15 is 0 Å². The van der Waals surface area contributed by atoms with Crippen molar-refractivity contribution in [1.82, 2.24) is 9.55 Å². The average molecular weight is 318 g/mol. The number of nitrogens with zero attached hydrogens (tertiary/aromatic N) is 2. The smallest absolute Gasteiger partial charge is 0.281 e. The van der Waals surface area contributed by atoms with E-state index in [1.54, 1.807) is 0 Å². The molecule has 0 spiro atoms. The van der Waals surface area contributed by atoms with Crippen molar-refractivity contribution in [3.8, 4) is 11.5 Å². The Labute approximate surface area is 137 Å². The fourth-order valence-electron chi connectivity index (χ4n) is 3.38. The van der Waals surface area contributed by atoms with Gasteiger partial charge in [0.2, 0.25) is 6.79 Å². The van der Waals surface area contributed by atoms with Crippen molar-refractivity contribution in [2.75, 3.05) is 6.79 Å². The summed E-state index contributed by atoms with van der Waals surface area (Å²) < 4.78 is 12.9. The summed E-state index contributed by atoms with van der Waals surface area (Å²) in [7, 11) is 0. The van der Waals surface area contributed by atoms with Crippen LogP contribution in [-0.2, 0) is 6.54 Å². The number of fused-ring (bicyclic) bond motifs is 4. The third-order valence-electron chi connectivity index (χ3n) is 4.52. The highest BCUT2D eigenvalue weighted by Gasteiger charge is 2.21. The molecular formula is C19H14N2O3. The van der Waals surface area contributed by atoms with E-state index in [4.69, 9.17) is 9.47 Å². The van der Waals surface area contributed by atoms with Crippen LogP contribution in [0.15, 0.2) is 47.3 Å². The van der Waals surface area contributed by atoms with Gasteiger partial charge in [-0.2, -0.15) is 4.98 Å². The second-order valence-corrected chi connectivity index (χ2v) is 5.94. The van der Waals surface area contributed by atoms with Crippen molar-refractivity contribution in [1.29, 1.82) is 0 Å². The van der Waals surface area contributed by atoms with E-state index in [2.05, 4.69) is 15.6 Å². The summed E-state index contributed by atoms with van der Waals surface area (Å²) in [6.07, 6.45) is 2.93. The van der Waals surface area contributed by atoms with Crippen molar-refractivity contribution < 1.29 is 9.47 Å². The number of aryl methyl sites for hydroxylation is 1. The van der Waals surface area contributed by atoms with Gasteiger partial charge in [0.05, 0.1) is 10.9 Å². The van der Waals surface area contributed by atoms with Gasteiger partial charge in [-0.25, -0.2) is 0 Å². The Morgan fingerprint density at radius 2 is 1.96 bits per heavy atom. The van der Waals surface area contributed by atoms with Gasteiger partial charge in [0, 0.05) is 6.54 Å². The van der Waals surface area contributed by atoms with Gasteiger partial charge in [0.25, 0.3) is 5.56 Å². The predicted molar refractivity (Wildman–Crippen MR) is 91.1 cm³/mol. The molecule has 1 aromatic heterocycles. The molecule has 0 amide bonds. The molecule has 118 valence electrons. The summed E-state index contributed by atoms with van der Waals surface area (Å²) in [5.41, 5.74) is 2.86. The number of allylic oxidation sites excluding steroid dienone is 1. The van der Waals surface area contributed by atoms with Crippen molar-refractivity contribution in [3.63, 3.8) is 0 Å². The first-order valence-corrected chi connectivity index (χ1v) is 7.90. The molecule has 2 aliphatic heterocycles. The molecule has 3 heterocycles. The first-order chi connectivity index (χ1) is 11.8. The van der Waals surface area contributed by atoms with Gasteiger partial charge >= 0.3 is 0 Å². The Morgan fingerprint density at radius 1 is 1.08 bits per heavy atom. The molecule has 0 unspecified atom stereocenters. The molecule has 3 aromatic rings. The molecule has 0 fully saturated rings. The van der Waals surface area contributed by atoms with E-state index in [0.29, 0.717) is 5.39 Å². The summed E-state index contributed by atoms with van der Waals surface area (Å²) in [5.74, 6) is 2.28. The molecule has 5 nitrogen and oxygen atoms in total. The zero-order valence-corrected chi connectivity index (χ0v) is 12.9. The number of aromatic nitrogens is 2. The maximum Gasteiger partial charge on any atom is 0.281 e. The number of ether oxygens (including phenoxy) is 2. The molecule has 5 heteroatoms. The molecule has 0 bridgehead atoms. The lowest BCUT2D eigenvalue weighted by molar-refractivity contribution is 0.174. The van der Waals surface area contributed by atoms with E-state index in [1.807, 2.05) is 42.5 Å². The third-order valence-corrected chi connectivity index (χ3v) is 4.52. The second-order valence-electron chi connectivity index (χ2n) is 5.94.